The summed E-state index contributed by atoms with van der Waals surface area (Å²) in [5, 5.41) is 15.3. The molecule has 1 atom stereocenters. The maximum Gasteiger partial charge on any atom is 0.253 e. The Bertz CT molecular complexity index is 1040. The molecule has 2 aromatic carbocycles. The lowest BCUT2D eigenvalue weighted by Gasteiger charge is -2.15. The number of carbonyl (C=O) groups is 2. The van der Waals surface area contributed by atoms with E-state index in [-0.39, 0.29) is 23.6 Å². The molecule has 2 N–H and O–H groups in total. The summed E-state index contributed by atoms with van der Waals surface area (Å²) in [5.41, 5.74) is 1.45. The summed E-state index contributed by atoms with van der Waals surface area (Å²) in [7, 11) is 0. The molecule has 0 spiro atoms. The van der Waals surface area contributed by atoms with Crippen LogP contribution in [-0.4, -0.2) is 32.3 Å². The SMILES string of the molecule is CCn1c(SCC(=O)NCc2ccccc2)nnc1[C@H](C)NC(=O)c1ccccc1Cl. The number of amides is 2. The van der Waals surface area contributed by atoms with E-state index in [1.54, 1.807) is 24.3 Å². The summed E-state index contributed by atoms with van der Waals surface area (Å²) >= 11 is 7.43. The van der Waals surface area contributed by atoms with Crippen molar-refractivity contribution in [2.45, 2.75) is 38.1 Å². The van der Waals surface area contributed by atoms with Gasteiger partial charge in [0.1, 0.15) is 0 Å². The summed E-state index contributed by atoms with van der Waals surface area (Å²) in [4.78, 5) is 24.8. The topological polar surface area (TPSA) is 88.9 Å². The number of thioether (sulfide) groups is 1. The van der Waals surface area contributed by atoms with Crippen molar-refractivity contribution in [1.29, 1.82) is 0 Å². The number of carbonyl (C=O) groups excluding carboxylic acids is 2. The van der Waals surface area contributed by atoms with Crippen LogP contribution in [0.1, 0.15) is 41.6 Å². The Labute approximate surface area is 190 Å². The van der Waals surface area contributed by atoms with Gasteiger partial charge in [-0.1, -0.05) is 65.8 Å². The molecule has 7 nitrogen and oxygen atoms in total. The number of rotatable bonds is 9. The number of hydrogen-bond donors (Lipinski definition) is 2. The highest BCUT2D eigenvalue weighted by atomic mass is 35.5. The molecule has 0 saturated carbocycles. The molecular weight excluding hydrogens is 434 g/mol. The smallest absolute Gasteiger partial charge is 0.253 e. The van der Waals surface area contributed by atoms with Crippen molar-refractivity contribution in [3.8, 4) is 0 Å². The first kappa shape index (κ1) is 22.8. The van der Waals surface area contributed by atoms with E-state index in [9.17, 15) is 9.59 Å². The van der Waals surface area contributed by atoms with Gasteiger partial charge in [-0.2, -0.15) is 0 Å². The second-order valence-electron chi connectivity index (χ2n) is 6.81. The molecule has 31 heavy (non-hydrogen) atoms. The zero-order valence-corrected chi connectivity index (χ0v) is 18.9. The van der Waals surface area contributed by atoms with Crippen LogP contribution in [0.2, 0.25) is 5.02 Å². The van der Waals surface area contributed by atoms with Crippen molar-refractivity contribution in [2.75, 3.05) is 5.75 Å². The lowest BCUT2D eigenvalue weighted by atomic mass is 10.2. The zero-order valence-electron chi connectivity index (χ0n) is 17.3. The Hall–Kier alpha value is -2.84. The third kappa shape index (κ3) is 6.08. The average molecular weight is 458 g/mol. The van der Waals surface area contributed by atoms with Gasteiger partial charge in [-0.3, -0.25) is 9.59 Å². The summed E-state index contributed by atoms with van der Waals surface area (Å²) in [5.74, 6) is 0.486. The number of nitrogens with one attached hydrogen (secondary N) is 2. The van der Waals surface area contributed by atoms with Crippen molar-refractivity contribution in [2.24, 2.45) is 0 Å². The van der Waals surface area contributed by atoms with Crippen LogP contribution in [0.25, 0.3) is 0 Å². The number of hydrogen-bond acceptors (Lipinski definition) is 5. The lowest BCUT2D eigenvalue weighted by molar-refractivity contribution is -0.118. The van der Waals surface area contributed by atoms with E-state index >= 15 is 0 Å². The van der Waals surface area contributed by atoms with Crippen LogP contribution >= 0.6 is 23.4 Å². The molecule has 1 aromatic heterocycles. The summed E-state index contributed by atoms with van der Waals surface area (Å²) < 4.78 is 1.90. The van der Waals surface area contributed by atoms with Gasteiger partial charge in [0.15, 0.2) is 11.0 Å². The molecule has 0 bridgehead atoms. The van der Waals surface area contributed by atoms with Gasteiger partial charge in [-0.05, 0) is 31.5 Å². The molecule has 0 radical (unpaired) electrons. The summed E-state index contributed by atoms with van der Waals surface area (Å²) in [6.07, 6.45) is 0. The number of aromatic nitrogens is 3. The Morgan fingerprint density at radius 2 is 1.81 bits per heavy atom. The maximum atomic E-state index is 12.5. The van der Waals surface area contributed by atoms with Gasteiger partial charge in [0.25, 0.3) is 5.91 Å². The Kier molecular flexibility index (Phi) is 8.08. The van der Waals surface area contributed by atoms with Crippen LogP contribution in [0.5, 0.6) is 0 Å². The molecule has 0 fully saturated rings. The quantitative estimate of drug-likeness (QED) is 0.476. The molecule has 9 heteroatoms. The molecule has 0 aliphatic rings. The van der Waals surface area contributed by atoms with Crippen LogP contribution < -0.4 is 10.6 Å². The third-order valence-electron chi connectivity index (χ3n) is 4.58. The van der Waals surface area contributed by atoms with Crippen molar-refractivity contribution < 1.29 is 9.59 Å². The summed E-state index contributed by atoms with van der Waals surface area (Å²) in [6.45, 7) is 4.90. The van der Waals surface area contributed by atoms with Gasteiger partial charge >= 0.3 is 0 Å². The molecule has 0 aliphatic carbocycles. The van der Waals surface area contributed by atoms with E-state index in [0.29, 0.717) is 34.7 Å². The molecule has 1 heterocycles. The molecule has 162 valence electrons. The lowest BCUT2D eigenvalue weighted by Crippen LogP contribution is -2.29. The predicted molar refractivity (Wildman–Crippen MR) is 122 cm³/mol. The van der Waals surface area contributed by atoms with Crippen molar-refractivity contribution in [3.05, 3.63) is 76.6 Å². The third-order valence-corrected chi connectivity index (χ3v) is 5.88. The van der Waals surface area contributed by atoms with Crippen LogP contribution in [0.15, 0.2) is 59.8 Å². The second-order valence-corrected chi connectivity index (χ2v) is 8.16. The predicted octanol–water partition coefficient (Wildman–Crippen LogP) is 3.85. The first-order chi connectivity index (χ1) is 15.0. The van der Waals surface area contributed by atoms with Crippen LogP contribution in [-0.2, 0) is 17.9 Å². The zero-order chi connectivity index (χ0) is 22.2. The monoisotopic (exact) mass is 457 g/mol. The normalized spacial score (nSPS) is 11.7. The van der Waals surface area contributed by atoms with Crippen LogP contribution in [0.4, 0.5) is 0 Å². The molecule has 2 amide bonds. The summed E-state index contributed by atoms with van der Waals surface area (Å²) in [6, 6.07) is 16.2. The minimum absolute atomic E-state index is 0.0823. The molecule has 0 aliphatic heterocycles. The highest BCUT2D eigenvalue weighted by molar-refractivity contribution is 7.99. The van der Waals surface area contributed by atoms with E-state index in [0.717, 1.165) is 5.56 Å². The second kappa shape index (κ2) is 11.0. The highest BCUT2D eigenvalue weighted by Gasteiger charge is 2.21. The fraction of sp³-hybridized carbons (Fsp3) is 0.273. The fourth-order valence-electron chi connectivity index (χ4n) is 2.99. The van der Waals surface area contributed by atoms with Gasteiger partial charge in [0, 0.05) is 13.1 Å². The number of nitrogens with zero attached hydrogens (tertiary/aromatic N) is 3. The van der Waals surface area contributed by atoms with Gasteiger partial charge in [-0.15, -0.1) is 10.2 Å². The van der Waals surface area contributed by atoms with Crippen molar-refractivity contribution in [3.63, 3.8) is 0 Å². The minimum atomic E-state index is -0.377. The first-order valence-electron chi connectivity index (χ1n) is 9.91. The van der Waals surface area contributed by atoms with E-state index < -0.39 is 0 Å². The van der Waals surface area contributed by atoms with E-state index in [1.165, 1.54) is 11.8 Å². The number of benzene rings is 2. The molecule has 0 unspecified atom stereocenters. The van der Waals surface area contributed by atoms with E-state index in [1.807, 2.05) is 48.7 Å². The minimum Gasteiger partial charge on any atom is -0.351 e. The van der Waals surface area contributed by atoms with Gasteiger partial charge in [0.05, 0.1) is 22.4 Å². The van der Waals surface area contributed by atoms with Gasteiger partial charge in [-0.25, -0.2) is 0 Å². The van der Waals surface area contributed by atoms with Crippen molar-refractivity contribution >= 4 is 35.2 Å². The number of halogens is 1. The standard InChI is InChI=1S/C22H24ClN5O2S/c1-3-28-20(15(2)25-21(30)17-11-7-8-12-18(17)23)26-27-22(28)31-14-19(29)24-13-16-9-5-4-6-10-16/h4-12,15H,3,13-14H2,1-2H3,(H,24,29)(H,25,30)/t15-/m0/s1. The molecule has 0 saturated heterocycles. The molecule has 3 rings (SSSR count). The van der Waals surface area contributed by atoms with Crippen LogP contribution in [0, 0.1) is 0 Å². The molecular formula is C22H24ClN5O2S. The Morgan fingerprint density at radius 3 is 2.52 bits per heavy atom. The average Bonchev–Trinajstić information content (AvgIpc) is 3.20. The Balaban J connectivity index is 1.58. The largest absolute Gasteiger partial charge is 0.351 e. The van der Waals surface area contributed by atoms with E-state index in [2.05, 4.69) is 20.8 Å². The van der Waals surface area contributed by atoms with Crippen molar-refractivity contribution in [1.82, 2.24) is 25.4 Å². The van der Waals surface area contributed by atoms with Gasteiger partial charge in [0.2, 0.25) is 5.91 Å². The van der Waals surface area contributed by atoms with E-state index in [4.69, 9.17) is 11.6 Å². The van der Waals surface area contributed by atoms with Crippen LogP contribution in [0.3, 0.4) is 0 Å². The first-order valence-corrected chi connectivity index (χ1v) is 11.3. The molecule has 3 aromatic rings. The van der Waals surface area contributed by atoms with Gasteiger partial charge < -0.3 is 15.2 Å². The Morgan fingerprint density at radius 1 is 1.10 bits per heavy atom. The maximum absolute atomic E-state index is 12.5. The highest BCUT2D eigenvalue weighted by Crippen LogP contribution is 2.21. The fourth-order valence-corrected chi connectivity index (χ4v) is 4.05.